The molecular formula is C53H99NO7. The van der Waals surface area contributed by atoms with Gasteiger partial charge in [-0.1, -0.05) is 169 Å². The maximum atomic E-state index is 13.4. The van der Waals surface area contributed by atoms with Gasteiger partial charge in [0.15, 0.2) is 6.10 Å². The Hall–Kier alpha value is -1.67. The van der Waals surface area contributed by atoms with Gasteiger partial charge >= 0.3 is 17.9 Å². The van der Waals surface area contributed by atoms with Crippen molar-refractivity contribution in [2.24, 2.45) is 11.8 Å². The van der Waals surface area contributed by atoms with E-state index in [-0.39, 0.29) is 29.6 Å². The minimum Gasteiger partial charge on any atom is -0.466 e. The number of carbonyl (C=O) groups is 3. The van der Waals surface area contributed by atoms with Crippen molar-refractivity contribution in [2.75, 3.05) is 33.4 Å². The van der Waals surface area contributed by atoms with Crippen LogP contribution >= 0.6 is 0 Å². The molecule has 2 aliphatic rings. The lowest BCUT2D eigenvalue weighted by Gasteiger charge is -2.37. The lowest BCUT2D eigenvalue weighted by molar-refractivity contribution is -0.169. The average Bonchev–Trinajstić information content (AvgIpc) is 3.67. The fourth-order valence-corrected chi connectivity index (χ4v) is 9.64. The topological polar surface area (TPSA) is 91.4 Å². The zero-order valence-electron chi connectivity index (χ0n) is 40.9. The van der Waals surface area contributed by atoms with Crippen LogP contribution in [0.2, 0.25) is 0 Å². The van der Waals surface area contributed by atoms with E-state index in [0.29, 0.717) is 37.9 Å². The van der Waals surface area contributed by atoms with Crippen LogP contribution in [0.1, 0.15) is 259 Å². The molecule has 1 spiro atoms. The van der Waals surface area contributed by atoms with Gasteiger partial charge in [0, 0.05) is 25.9 Å². The fraction of sp³-hybridized carbons (Fsp3) is 0.943. The minimum absolute atomic E-state index is 0.0429. The van der Waals surface area contributed by atoms with Crippen LogP contribution in [0.15, 0.2) is 0 Å². The molecule has 0 aromatic carbocycles. The number of esters is 3. The summed E-state index contributed by atoms with van der Waals surface area (Å²) in [5, 5.41) is 0. The zero-order chi connectivity index (χ0) is 44.2. The highest BCUT2D eigenvalue weighted by molar-refractivity contribution is 5.75. The maximum Gasteiger partial charge on any atom is 0.335 e. The number of piperidine rings is 1. The SMILES string of the molecule is CCCCCC(CCCCC)CCOC(=O)CCCCCCCC(CCCCCCCC(=O)OCCC(CCCCC)CCCCC)OC(=O)C1CCC2(CCN(C)CC2)O1. The lowest BCUT2D eigenvalue weighted by Crippen LogP contribution is -2.43. The van der Waals surface area contributed by atoms with Gasteiger partial charge in [-0.05, 0) is 95.9 Å². The van der Waals surface area contributed by atoms with E-state index < -0.39 is 6.10 Å². The molecule has 358 valence electrons. The molecule has 0 saturated carbocycles. The van der Waals surface area contributed by atoms with Crippen LogP contribution in [0.25, 0.3) is 0 Å². The molecule has 1 atom stereocenters. The molecule has 8 heteroatoms. The Balaban J connectivity index is 1.68. The minimum atomic E-state index is -0.438. The third kappa shape index (κ3) is 28.0. The first-order valence-electron chi connectivity index (χ1n) is 26.6. The van der Waals surface area contributed by atoms with E-state index in [1.807, 2.05) is 0 Å². The number of nitrogens with zero attached hydrogens (tertiary/aromatic N) is 1. The van der Waals surface area contributed by atoms with Crippen LogP contribution in [0.3, 0.4) is 0 Å². The molecule has 2 saturated heterocycles. The van der Waals surface area contributed by atoms with E-state index in [0.717, 1.165) is 129 Å². The van der Waals surface area contributed by atoms with Crippen molar-refractivity contribution in [3.05, 3.63) is 0 Å². The molecule has 0 N–H and O–H groups in total. The molecule has 2 rings (SSSR count). The van der Waals surface area contributed by atoms with Crippen molar-refractivity contribution in [1.29, 1.82) is 0 Å². The van der Waals surface area contributed by atoms with Gasteiger partial charge in [-0.3, -0.25) is 9.59 Å². The molecule has 2 heterocycles. The van der Waals surface area contributed by atoms with Crippen LogP contribution in [-0.2, 0) is 33.3 Å². The van der Waals surface area contributed by atoms with Gasteiger partial charge in [0.25, 0.3) is 0 Å². The molecule has 0 aromatic rings. The quantitative estimate of drug-likeness (QED) is 0.0342. The van der Waals surface area contributed by atoms with Crippen molar-refractivity contribution in [1.82, 2.24) is 4.90 Å². The number of rotatable bonds is 40. The highest BCUT2D eigenvalue weighted by Crippen LogP contribution is 2.39. The largest absolute Gasteiger partial charge is 0.466 e. The number of hydrogen-bond acceptors (Lipinski definition) is 8. The molecule has 61 heavy (non-hydrogen) atoms. The standard InChI is InChI=1S/C53H99NO7/c1-6-10-20-28-46(29-21-11-7-2)37-44-58-50(55)34-26-18-14-16-24-32-48(60-52(57)49-36-39-53(61-49)40-42-54(5)43-41-53)33-25-17-15-19-27-35-51(56)59-45-38-47(30-22-12-8-3)31-23-13-9-4/h46-49H,6-45H2,1-5H3. The molecule has 0 aromatic heterocycles. The average molecular weight is 862 g/mol. The zero-order valence-corrected chi connectivity index (χ0v) is 40.9. The maximum absolute atomic E-state index is 13.4. The Morgan fingerprint density at radius 2 is 0.918 bits per heavy atom. The summed E-state index contributed by atoms with van der Waals surface area (Å²) in [4.78, 5) is 40.8. The van der Waals surface area contributed by atoms with Gasteiger partial charge in [0.1, 0.15) is 6.10 Å². The number of hydrogen-bond donors (Lipinski definition) is 0. The summed E-state index contributed by atoms with van der Waals surface area (Å²) in [5.74, 6) is 1.12. The second kappa shape index (κ2) is 36.6. The molecule has 0 bridgehead atoms. The van der Waals surface area contributed by atoms with Crippen molar-refractivity contribution < 1.29 is 33.3 Å². The number of carbonyl (C=O) groups excluding carboxylic acids is 3. The van der Waals surface area contributed by atoms with Crippen molar-refractivity contribution in [2.45, 2.75) is 277 Å². The van der Waals surface area contributed by atoms with Crippen LogP contribution in [-0.4, -0.2) is 74.0 Å². The molecule has 0 amide bonds. The summed E-state index contributed by atoms with van der Waals surface area (Å²) in [6, 6.07) is 0. The molecule has 2 fully saturated rings. The summed E-state index contributed by atoms with van der Waals surface area (Å²) in [6.45, 7) is 12.2. The van der Waals surface area contributed by atoms with E-state index in [4.69, 9.17) is 18.9 Å². The number of ether oxygens (including phenoxy) is 4. The normalized spacial score (nSPS) is 16.6. The molecule has 0 aliphatic carbocycles. The fourth-order valence-electron chi connectivity index (χ4n) is 9.64. The molecule has 0 radical (unpaired) electrons. The Morgan fingerprint density at radius 1 is 0.525 bits per heavy atom. The Kier molecular flexibility index (Phi) is 33.3. The van der Waals surface area contributed by atoms with Crippen LogP contribution in [0, 0.1) is 11.8 Å². The van der Waals surface area contributed by atoms with E-state index >= 15 is 0 Å². The summed E-state index contributed by atoms with van der Waals surface area (Å²) in [7, 11) is 2.16. The Morgan fingerprint density at radius 3 is 1.34 bits per heavy atom. The first-order chi connectivity index (χ1) is 29.7. The summed E-state index contributed by atoms with van der Waals surface area (Å²) in [6.07, 6.45) is 38.5. The number of likely N-dealkylation sites (tertiary alicyclic amines) is 1. The van der Waals surface area contributed by atoms with Gasteiger partial charge in [-0.25, -0.2) is 4.79 Å². The van der Waals surface area contributed by atoms with Crippen molar-refractivity contribution >= 4 is 17.9 Å². The molecule has 2 aliphatic heterocycles. The smallest absolute Gasteiger partial charge is 0.335 e. The van der Waals surface area contributed by atoms with Crippen LogP contribution < -0.4 is 0 Å². The highest BCUT2D eigenvalue weighted by atomic mass is 16.6. The molecule has 1 unspecified atom stereocenters. The summed E-state index contributed by atoms with van der Waals surface area (Å²) >= 11 is 0. The van der Waals surface area contributed by atoms with Gasteiger partial charge in [-0.2, -0.15) is 0 Å². The van der Waals surface area contributed by atoms with Gasteiger partial charge in [0.2, 0.25) is 0 Å². The van der Waals surface area contributed by atoms with E-state index in [1.165, 1.54) is 103 Å². The van der Waals surface area contributed by atoms with Crippen LogP contribution in [0.5, 0.6) is 0 Å². The highest BCUT2D eigenvalue weighted by Gasteiger charge is 2.45. The first kappa shape index (κ1) is 55.5. The van der Waals surface area contributed by atoms with E-state index in [9.17, 15) is 14.4 Å². The molecular weight excluding hydrogens is 763 g/mol. The van der Waals surface area contributed by atoms with E-state index in [2.05, 4.69) is 39.6 Å². The second-order valence-electron chi connectivity index (χ2n) is 19.5. The number of unbranched alkanes of at least 4 members (excludes halogenated alkanes) is 16. The lowest BCUT2D eigenvalue weighted by atomic mass is 9.89. The predicted octanol–water partition coefficient (Wildman–Crippen LogP) is 14.4. The van der Waals surface area contributed by atoms with Crippen molar-refractivity contribution in [3.63, 3.8) is 0 Å². The second-order valence-corrected chi connectivity index (χ2v) is 19.5. The first-order valence-corrected chi connectivity index (χ1v) is 26.6. The predicted molar refractivity (Wildman–Crippen MR) is 253 cm³/mol. The van der Waals surface area contributed by atoms with Gasteiger partial charge in [-0.15, -0.1) is 0 Å². The third-order valence-electron chi connectivity index (χ3n) is 14.0. The van der Waals surface area contributed by atoms with Gasteiger partial charge in [0.05, 0.1) is 18.8 Å². The van der Waals surface area contributed by atoms with E-state index in [1.54, 1.807) is 0 Å². The summed E-state index contributed by atoms with van der Waals surface area (Å²) in [5.41, 5.74) is -0.152. The Labute approximate surface area is 376 Å². The molecule has 8 nitrogen and oxygen atoms in total. The third-order valence-corrected chi connectivity index (χ3v) is 14.0. The summed E-state index contributed by atoms with van der Waals surface area (Å²) < 4.78 is 24.0. The van der Waals surface area contributed by atoms with Gasteiger partial charge < -0.3 is 23.8 Å². The van der Waals surface area contributed by atoms with Crippen molar-refractivity contribution in [3.8, 4) is 0 Å². The Bertz CT molecular complexity index is 999. The van der Waals surface area contributed by atoms with Crippen LogP contribution in [0.4, 0.5) is 0 Å². The monoisotopic (exact) mass is 862 g/mol.